The Morgan fingerprint density at radius 2 is 1.89 bits per heavy atom. The van der Waals surface area contributed by atoms with Crippen LogP contribution in [-0.4, -0.2) is 5.97 Å². The first-order valence-corrected chi connectivity index (χ1v) is 7.47. The fourth-order valence-corrected chi connectivity index (χ4v) is 2.68. The van der Waals surface area contributed by atoms with Gasteiger partial charge in [0.2, 0.25) is 0 Å². The predicted molar refractivity (Wildman–Crippen MR) is 76.9 cm³/mol. The Bertz CT molecular complexity index is 408. The summed E-state index contributed by atoms with van der Waals surface area (Å²) in [5, 5.41) is 0. The summed E-state index contributed by atoms with van der Waals surface area (Å²) in [6, 6.07) is 8.31. The molecule has 2 nitrogen and oxygen atoms in total. The van der Waals surface area contributed by atoms with E-state index in [9.17, 15) is 4.79 Å². The quantitative estimate of drug-likeness (QED) is 0.572. The van der Waals surface area contributed by atoms with Gasteiger partial charge in [0.05, 0.1) is 5.92 Å². The smallest absolute Gasteiger partial charge is 0.309 e. The van der Waals surface area contributed by atoms with Crippen molar-refractivity contribution in [3.05, 3.63) is 35.4 Å². The molecule has 0 bridgehead atoms. The van der Waals surface area contributed by atoms with E-state index in [0.717, 1.165) is 31.2 Å². The number of aryl methyl sites for hydroxylation is 1. The summed E-state index contributed by atoms with van der Waals surface area (Å²) in [5.74, 6) is 0.140. The standard InChI is InChI=1S/C17H24O2/c1-3-4-5-6-15-11-12-16(19-17(15)18)14-9-7-13(2)8-10-14/h7-10,15-16H,3-6,11-12H2,1-2H3. The fraction of sp³-hybridized carbons (Fsp3) is 0.588. The Morgan fingerprint density at radius 1 is 1.16 bits per heavy atom. The molecule has 104 valence electrons. The highest BCUT2D eigenvalue weighted by Crippen LogP contribution is 2.33. The summed E-state index contributed by atoms with van der Waals surface area (Å²) in [5.41, 5.74) is 2.37. The minimum absolute atomic E-state index is 0.00734. The Labute approximate surface area is 116 Å². The molecule has 2 heteroatoms. The molecule has 1 aromatic carbocycles. The molecule has 0 N–H and O–H groups in total. The van der Waals surface area contributed by atoms with Gasteiger partial charge in [0.15, 0.2) is 0 Å². The van der Waals surface area contributed by atoms with Gasteiger partial charge in [0.25, 0.3) is 0 Å². The molecule has 0 aliphatic carbocycles. The van der Waals surface area contributed by atoms with Gasteiger partial charge in [-0.05, 0) is 31.7 Å². The van der Waals surface area contributed by atoms with E-state index in [1.165, 1.54) is 18.4 Å². The molecule has 0 amide bonds. The van der Waals surface area contributed by atoms with Crippen LogP contribution in [0.1, 0.15) is 62.7 Å². The van der Waals surface area contributed by atoms with Crippen LogP contribution in [0.15, 0.2) is 24.3 Å². The van der Waals surface area contributed by atoms with Crippen LogP contribution >= 0.6 is 0 Å². The maximum absolute atomic E-state index is 12.0. The van der Waals surface area contributed by atoms with Crippen molar-refractivity contribution in [2.24, 2.45) is 5.92 Å². The third-order valence-corrected chi connectivity index (χ3v) is 3.97. The molecule has 1 aliphatic rings. The van der Waals surface area contributed by atoms with E-state index < -0.39 is 0 Å². The average Bonchev–Trinajstić information content (AvgIpc) is 2.42. The average molecular weight is 260 g/mol. The lowest BCUT2D eigenvalue weighted by molar-refractivity contribution is -0.161. The van der Waals surface area contributed by atoms with Crippen molar-refractivity contribution >= 4 is 5.97 Å². The van der Waals surface area contributed by atoms with Crippen molar-refractivity contribution in [3.63, 3.8) is 0 Å². The minimum Gasteiger partial charge on any atom is -0.457 e. The highest BCUT2D eigenvalue weighted by molar-refractivity contribution is 5.73. The molecule has 1 saturated heterocycles. The number of hydrogen-bond donors (Lipinski definition) is 0. The third kappa shape index (κ3) is 3.82. The highest BCUT2D eigenvalue weighted by Gasteiger charge is 2.30. The van der Waals surface area contributed by atoms with E-state index >= 15 is 0 Å². The number of hydrogen-bond acceptors (Lipinski definition) is 2. The van der Waals surface area contributed by atoms with E-state index in [1.807, 2.05) is 0 Å². The van der Waals surface area contributed by atoms with Gasteiger partial charge < -0.3 is 4.74 Å². The molecule has 0 aromatic heterocycles. The van der Waals surface area contributed by atoms with E-state index in [-0.39, 0.29) is 18.0 Å². The first kappa shape index (κ1) is 14.1. The van der Waals surface area contributed by atoms with Crippen LogP contribution in [-0.2, 0) is 9.53 Å². The van der Waals surface area contributed by atoms with E-state index in [4.69, 9.17) is 4.74 Å². The number of rotatable bonds is 5. The van der Waals surface area contributed by atoms with Crippen molar-refractivity contribution < 1.29 is 9.53 Å². The number of cyclic esters (lactones) is 1. The third-order valence-electron chi connectivity index (χ3n) is 3.97. The Kier molecular flexibility index (Phi) is 5.00. The lowest BCUT2D eigenvalue weighted by Crippen LogP contribution is -2.26. The lowest BCUT2D eigenvalue weighted by Gasteiger charge is -2.28. The van der Waals surface area contributed by atoms with E-state index in [0.29, 0.717) is 0 Å². The maximum Gasteiger partial charge on any atom is 0.309 e. The van der Waals surface area contributed by atoms with Gasteiger partial charge in [-0.25, -0.2) is 0 Å². The second-order valence-corrected chi connectivity index (χ2v) is 5.61. The summed E-state index contributed by atoms with van der Waals surface area (Å²) in [6.07, 6.45) is 6.46. The second kappa shape index (κ2) is 6.74. The van der Waals surface area contributed by atoms with Crippen LogP contribution in [0.4, 0.5) is 0 Å². The van der Waals surface area contributed by atoms with E-state index in [2.05, 4.69) is 38.1 Å². The van der Waals surface area contributed by atoms with Crippen LogP contribution in [0.3, 0.4) is 0 Å². The molecule has 0 saturated carbocycles. The van der Waals surface area contributed by atoms with Crippen LogP contribution in [0, 0.1) is 12.8 Å². The summed E-state index contributed by atoms with van der Waals surface area (Å²) in [6.45, 7) is 4.26. The number of ether oxygens (including phenoxy) is 1. The molecule has 19 heavy (non-hydrogen) atoms. The SMILES string of the molecule is CCCCCC1CCC(c2ccc(C)cc2)OC1=O. The number of carbonyl (C=O) groups excluding carboxylic acids is 1. The van der Waals surface area contributed by atoms with Gasteiger partial charge in [-0.2, -0.15) is 0 Å². The van der Waals surface area contributed by atoms with Crippen molar-refractivity contribution in [1.29, 1.82) is 0 Å². The van der Waals surface area contributed by atoms with Crippen molar-refractivity contribution in [1.82, 2.24) is 0 Å². The van der Waals surface area contributed by atoms with Gasteiger partial charge in [0.1, 0.15) is 6.10 Å². The Balaban J connectivity index is 1.89. The van der Waals surface area contributed by atoms with Crippen molar-refractivity contribution in [2.75, 3.05) is 0 Å². The van der Waals surface area contributed by atoms with Crippen molar-refractivity contribution in [2.45, 2.75) is 58.5 Å². The van der Waals surface area contributed by atoms with Gasteiger partial charge in [0, 0.05) is 0 Å². The molecular formula is C17H24O2. The zero-order chi connectivity index (χ0) is 13.7. The summed E-state index contributed by atoms with van der Waals surface area (Å²) in [4.78, 5) is 12.0. The molecule has 1 aliphatic heterocycles. The first-order chi connectivity index (χ1) is 9.20. The number of carbonyl (C=O) groups is 1. The number of unbranched alkanes of at least 4 members (excludes halogenated alkanes) is 2. The minimum atomic E-state index is -0.0319. The van der Waals surface area contributed by atoms with Crippen molar-refractivity contribution in [3.8, 4) is 0 Å². The van der Waals surface area contributed by atoms with Crippen LogP contribution in [0.25, 0.3) is 0 Å². The molecule has 2 unspecified atom stereocenters. The van der Waals surface area contributed by atoms with Gasteiger partial charge in [-0.3, -0.25) is 4.79 Å². The van der Waals surface area contributed by atoms with Gasteiger partial charge in [-0.15, -0.1) is 0 Å². The summed E-state index contributed by atoms with van der Waals surface area (Å²) >= 11 is 0. The normalized spacial score (nSPS) is 23.2. The number of benzene rings is 1. The highest BCUT2D eigenvalue weighted by atomic mass is 16.5. The topological polar surface area (TPSA) is 26.3 Å². The molecule has 2 atom stereocenters. The summed E-state index contributed by atoms with van der Waals surface area (Å²) < 4.78 is 5.62. The fourth-order valence-electron chi connectivity index (χ4n) is 2.68. The molecule has 0 radical (unpaired) electrons. The number of esters is 1. The monoisotopic (exact) mass is 260 g/mol. The van der Waals surface area contributed by atoms with Crippen LogP contribution in [0.5, 0.6) is 0 Å². The molecule has 0 spiro atoms. The van der Waals surface area contributed by atoms with Gasteiger partial charge >= 0.3 is 5.97 Å². The molecular weight excluding hydrogens is 236 g/mol. The molecule has 1 aromatic rings. The van der Waals surface area contributed by atoms with Crippen LogP contribution < -0.4 is 0 Å². The van der Waals surface area contributed by atoms with E-state index in [1.54, 1.807) is 0 Å². The zero-order valence-corrected chi connectivity index (χ0v) is 12.0. The summed E-state index contributed by atoms with van der Waals surface area (Å²) in [7, 11) is 0. The molecule has 1 heterocycles. The maximum atomic E-state index is 12.0. The Hall–Kier alpha value is -1.31. The van der Waals surface area contributed by atoms with Crippen LogP contribution in [0.2, 0.25) is 0 Å². The molecule has 1 fully saturated rings. The Morgan fingerprint density at radius 3 is 2.53 bits per heavy atom. The zero-order valence-electron chi connectivity index (χ0n) is 12.0. The largest absolute Gasteiger partial charge is 0.457 e. The predicted octanol–water partition coefficient (Wildman–Crippen LogP) is 4.57. The first-order valence-electron chi connectivity index (χ1n) is 7.47. The van der Waals surface area contributed by atoms with Gasteiger partial charge in [-0.1, -0.05) is 56.0 Å². The molecule has 2 rings (SSSR count). The second-order valence-electron chi connectivity index (χ2n) is 5.61. The lowest BCUT2D eigenvalue weighted by atomic mass is 9.90.